The van der Waals surface area contributed by atoms with Crippen molar-refractivity contribution in [1.82, 2.24) is 14.5 Å². The van der Waals surface area contributed by atoms with Gasteiger partial charge in [-0.1, -0.05) is 54.6 Å². The Morgan fingerprint density at radius 3 is 2.69 bits per heavy atom. The fraction of sp³-hybridized carbons (Fsp3) is 0.182. The summed E-state index contributed by atoms with van der Waals surface area (Å²) in [5, 5.41) is 2.41. The lowest BCUT2D eigenvalue weighted by Crippen LogP contribution is -2.27. The van der Waals surface area contributed by atoms with E-state index < -0.39 is 0 Å². The fourth-order valence-electron chi connectivity index (χ4n) is 3.37. The molecule has 4 nitrogen and oxygen atoms in total. The molecule has 0 aliphatic rings. The third-order valence-electron chi connectivity index (χ3n) is 4.81. The van der Waals surface area contributed by atoms with Gasteiger partial charge in [0.1, 0.15) is 0 Å². The summed E-state index contributed by atoms with van der Waals surface area (Å²) < 4.78 is 2.04. The highest BCUT2D eigenvalue weighted by Crippen LogP contribution is 2.20. The van der Waals surface area contributed by atoms with Gasteiger partial charge in [0, 0.05) is 26.6 Å². The standard InChI is InChI=1S/C22H21N3O/c1-24(15-18-9-6-8-17-7-2-3-10-19(17)18)22(26)13-14-25-16-23-20-11-4-5-12-21(20)25/h2-12,16H,13-15H2,1H3. The summed E-state index contributed by atoms with van der Waals surface area (Å²) in [6.07, 6.45) is 2.27. The molecule has 1 heterocycles. The Balaban J connectivity index is 1.44. The minimum atomic E-state index is 0.135. The molecule has 1 amide bonds. The first kappa shape index (κ1) is 16.3. The van der Waals surface area contributed by atoms with Crippen molar-refractivity contribution in [3.8, 4) is 0 Å². The van der Waals surface area contributed by atoms with Gasteiger partial charge in [0.2, 0.25) is 5.91 Å². The Kier molecular flexibility index (Phi) is 4.40. The normalized spacial score (nSPS) is 11.1. The van der Waals surface area contributed by atoms with E-state index in [1.54, 1.807) is 4.90 Å². The van der Waals surface area contributed by atoms with E-state index >= 15 is 0 Å². The monoisotopic (exact) mass is 343 g/mol. The molecule has 0 bridgehead atoms. The first-order valence-corrected chi connectivity index (χ1v) is 8.83. The maximum absolute atomic E-state index is 12.6. The third kappa shape index (κ3) is 3.18. The van der Waals surface area contributed by atoms with E-state index in [0.717, 1.165) is 11.0 Å². The molecular weight excluding hydrogens is 322 g/mol. The van der Waals surface area contributed by atoms with Crippen molar-refractivity contribution in [2.24, 2.45) is 0 Å². The molecule has 0 N–H and O–H groups in total. The molecule has 4 aromatic rings. The van der Waals surface area contributed by atoms with Crippen LogP contribution in [0.2, 0.25) is 0 Å². The molecule has 4 rings (SSSR count). The number of imidazole rings is 1. The van der Waals surface area contributed by atoms with Crippen molar-refractivity contribution in [2.75, 3.05) is 7.05 Å². The van der Waals surface area contributed by atoms with E-state index in [1.807, 2.05) is 60.4 Å². The van der Waals surface area contributed by atoms with E-state index in [9.17, 15) is 4.79 Å². The zero-order valence-corrected chi connectivity index (χ0v) is 14.8. The Morgan fingerprint density at radius 1 is 1.00 bits per heavy atom. The van der Waals surface area contributed by atoms with Crippen LogP contribution in [0.4, 0.5) is 0 Å². The van der Waals surface area contributed by atoms with Gasteiger partial charge in [-0.3, -0.25) is 4.79 Å². The van der Waals surface area contributed by atoms with E-state index in [2.05, 4.69) is 29.2 Å². The topological polar surface area (TPSA) is 38.1 Å². The number of aromatic nitrogens is 2. The van der Waals surface area contributed by atoms with Crippen molar-refractivity contribution >= 4 is 27.7 Å². The highest BCUT2D eigenvalue weighted by molar-refractivity contribution is 5.86. The molecule has 130 valence electrons. The Morgan fingerprint density at radius 2 is 1.77 bits per heavy atom. The second-order valence-electron chi connectivity index (χ2n) is 6.56. The number of aryl methyl sites for hydroxylation is 1. The molecule has 4 heteroatoms. The van der Waals surface area contributed by atoms with Crippen LogP contribution in [0, 0.1) is 0 Å². The minimum absolute atomic E-state index is 0.135. The molecule has 0 spiro atoms. The highest BCUT2D eigenvalue weighted by Gasteiger charge is 2.12. The first-order valence-electron chi connectivity index (χ1n) is 8.83. The zero-order valence-electron chi connectivity index (χ0n) is 14.8. The first-order chi connectivity index (χ1) is 12.7. The third-order valence-corrected chi connectivity index (χ3v) is 4.81. The van der Waals surface area contributed by atoms with E-state index in [1.165, 1.54) is 16.3 Å². The average molecular weight is 343 g/mol. The summed E-state index contributed by atoms with van der Waals surface area (Å²) in [4.78, 5) is 18.8. The van der Waals surface area contributed by atoms with Gasteiger partial charge < -0.3 is 9.47 Å². The number of benzene rings is 3. The summed E-state index contributed by atoms with van der Waals surface area (Å²) in [6.45, 7) is 1.25. The van der Waals surface area contributed by atoms with Crippen molar-refractivity contribution in [3.63, 3.8) is 0 Å². The molecule has 0 aliphatic carbocycles. The second-order valence-corrected chi connectivity index (χ2v) is 6.56. The number of carbonyl (C=O) groups is 1. The maximum atomic E-state index is 12.6. The Hall–Kier alpha value is -3.14. The van der Waals surface area contributed by atoms with Gasteiger partial charge >= 0.3 is 0 Å². The van der Waals surface area contributed by atoms with Crippen molar-refractivity contribution < 1.29 is 4.79 Å². The van der Waals surface area contributed by atoms with Crippen LogP contribution in [-0.2, 0) is 17.9 Å². The fourth-order valence-corrected chi connectivity index (χ4v) is 3.37. The molecule has 0 unspecified atom stereocenters. The molecule has 26 heavy (non-hydrogen) atoms. The lowest BCUT2D eigenvalue weighted by Gasteiger charge is -2.19. The molecule has 0 atom stereocenters. The van der Waals surface area contributed by atoms with Crippen LogP contribution in [0.25, 0.3) is 21.8 Å². The summed E-state index contributed by atoms with van der Waals surface area (Å²) in [6, 6.07) is 22.5. The van der Waals surface area contributed by atoms with Gasteiger partial charge in [-0.2, -0.15) is 0 Å². The molecule has 0 saturated carbocycles. The molecule has 0 radical (unpaired) electrons. The van der Waals surface area contributed by atoms with E-state index in [-0.39, 0.29) is 5.91 Å². The van der Waals surface area contributed by atoms with Gasteiger partial charge in [-0.05, 0) is 28.5 Å². The van der Waals surface area contributed by atoms with Crippen LogP contribution in [0.1, 0.15) is 12.0 Å². The van der Waals surface area contributed by atoms with Gasteiger partial charge in [0.15, 0.2) is 0 Å². The van der Waals surface area contributed by atoms with Crippen molar-refractivity contribution in [2.45, 2.75) is 19.5 Å². The largest absolute Gasteiger partial charge is 0.341 e. The molecule has 0 fully saturated rings. The summed E-state index contributed by atoms with van der Waals surface area (Å²) in [5.74, 6) is 0.135. The SMILES string of the molecule is CN(Cc1cccc2ccccc12)C(=O)CCn1cnc2ccccc21. The number of carbonyl (C=O) groups excluding carboxylic acids is 1. The highest BCUT2D eigenvalue weighted by atomic mass is 16.2. The molecular formula is C22H21N3O. The van der Waals surface area contributed by atoms with Gasteiger partial charge in [0.05, 0.1) is 17.4 Å². The Labute approximate surface area is 152 Å². The molecule has 3 aromatic carbocycles. The van der Waals surface area contributed by atoms with Gasteiger partial charge in [-0.15, -0.1) is 0 Å². The quantitative estimate of drug-likeness (QED) is 0.544. The lowest BCUT2D eigenvalue weighted by molar-refractivity contribution is -0.130. The van der Waals surface area contributed by atoms with Crippen molar-refractivity contribution in [3.05, 3.63) is 78.6 Å². The van der Waals surface area contributed by atoms with E-state index in [0.29, 0.717) is 19.5 Å². The van der Waals surface area contributed by atoms with Crippen LogP contribution >= 0.6 is 0 Å². The Bertz CT molecular complexity index is 1060. The molecule has 0 saturated heterocycles. The number of nitrogens with zero attached hydrogens (tertiary/aromatic N) is 3. The van der Waals surface area contributed by atoms with Crippen LogP contribution in [0.3, 0.4) is 0 Å². The smallest absolute Gasteiger partial charge is 0.224 e. The van der Waals surface area contributed by atoms with Crippen LogP contribution in [0.5, 0.6) is 0 Å². The number of hydrogen-bond donors (Lipinski definition) is 0. The average Bonchev–Trinajstić information content (AvgIpc) is 3.09. The minimum Gasteiger partial charge on any atom is -0.341 e. The second kappa shape index (κ2) is 7.00. The van der Waals surface area contributed by atoms with Gasteiger partial charge in [0.25, 0.3) is 0 Å². The van der Waals surface area contributed by atoms with Gasteiger partial charge in [-0.25, -0.2) is 4.98 Å². The number of rotatable bonds is 5. The zero-order chi connectivity index (χ0) is 17.9. The maximum Gasteiger partial charge on any atom is 0.224 e. The van der Waals surface area contributed by atoms with Crippen molar-refractivity contribution in [1.29, 1.82) is 0 Å². The summed E-state index contributed by atoms with van der Waals surface area (Å²) in [5.41, 5.74) is 3.20. The number of amides is 1. The predicted octanol–water partition coefficient (Wildman–Crippen LogP) is 4.24. The number of fused-ring (bicyclic) bond motifs is 2. The summed E-state index contributed by atoms with van der Waals surface area (Å²) >= 11 is 0. The summed E-state index contributed by atoms with van der Waals surface area (Å²) in [7, 11) is 1.87. The molecule has 0 aliphatic heterocycles. The van der Waals surface area contributed by atoms with Crippen LogP contribution in [0.15, 0.2) is 73.1 Å². The van der Waals surface area contributed by atoms with Crippen LogP contribution in [-0.4, -0.2) is 27.4 Å². The molecule has 1 aromatic heterocycles. The predicted molar refractivity (Wildman–Crippen MR) is 105 cm³/mol. The van der Waals surface area contributed by atoms with E-state index in [4.69, 9.17) is 0 Å². The number of hydrogen-bond acceptors (Lipinski definition) is 2. The van der Waals surface area contributed by atoms with Crippen LogP contribution < -0.4 is 0 Å². The number of para-hydroxylation sites is 2. The lowest BCUT2D eigenvalue weighted by atomic mass is 10.0.